The lowest BCUT2D eigenvalue weighted by molar-refractivity contribution is 0.0698. The van der Waals surface area contributed by atoms with Gasteiger partial charge in [0.05, 0.1) is 5.56 Å². The van der Waals surface area contributed by atoms with Gasteiger partial charge in [-0.3, -0.25) is 4.79 Å². The molecule has 1 atom stereocenters. The van der Waals surface area contributed by atoms with E-state index >= 15 is 0 Å². The fourth-order valence-electron chi connectivity index (χ4n) is 2.87. The molecule has 0 radical (unpaired) electrons. The minimum absolute atomic E-state index is 0.00444. The molecule has 1 saturated heterocycles. The van der Waals surface area contributed by atoms with Crippen LogP contribution in [0.25, 0.3) is 0 Å². The fraction of sp³-hybridized carbons (Fsp3) is 0.533. The van der Waals surface area contributed by atoms with E-state index in [0.29, 0.717) is 22.7 Å². The highest BCUT2D eigenvalue weighted by Gasteiger charge is 2.26. The minimum atomic E-state index is -0.00444. The van der Waals surface area contributed by atoms with Crippen molar-refractivity contribution in [1.82, 2.24) is 4.90 Å². The summed E-state index contributed by atoms with van der Waals surface area (Å²) < 4.78 is 10.6. The number of benzene rings is 1. The summed E-state index contributed by atoms with van der Waals surface area (Å²) in [6, 6.07) is 3.64. The summed E-state index contributed by atoms with van der Waals surface area (Å²) in [6.07, 6.45) is 4.48. The van der Waals surface area contributed by atoms with Crippen molar-refractivity contribution in [2.75, 3.05) is 19.1 Å². The maximum Gasteiger partial charge on any atom is 0.256 e. The highest BCUT2D eigenvalue weighted by molar-refractivity contribution is 6.00. The van der Waals surface area contributed by atoms with Crippen LogP contribution in [0.1, 0.15) is 43.0 Å². The van der Waals surface area contributed by atoms with Crippen molar-refractivity contribution < 1.29 is 14.3 Å². The minimum Gasteiger partial charge on any atom is -0.454 e. The van der Waals surface area contributed by atoms with Gasteiger partial charge in [0.25, 0.3) is 5.91 Å². The molecule has 2 N–H and O–H groups in total. The van der Waals surface area contributed by atoms with Crippen molar-refractivity contribution in [1.29, 1.82) is 0 Å². The van der Waals surface area contributed by atoms with Gasteiger partial charge >= 0.3 is 0 Å². The Morgan fingerprint density at radius 3 is 2.80 bits per heavy atom. The number of nitrogens with zero attached hydrogens (tertiary/aromatic N) is 1. The zero-order valence-electron chi connectivity index (χ0n) is 11.7. The van der Waals surface area contributed by atoms with Crippen molar-refractivity contribution >= 4 is 11.6 Å². The second-order valence-electron chi connectivity index (χ2n) is 5.49. The largest absolute Gasteiger partial charge is 0.454 e. The summed E-state index contributed by atoms with van der Waals surface area (Å²) in [4.78, 5) is 14.7. The summed E-state index contributed by atoms with van der Waals surface area (Å²) in [5.41, 5.74) is 6.97. The third-order valence-corrected chi connectivity index (χ3v) is 4.09. The maximum absolute atomic E-state index is 12.7. The topological polar surface area (TPSA) is 64.8 Å². The number of hydrogen-bond acceptors (Lipinski definition) is 4. The standard InChI is InChI=1S/C15H20N2O3/c1-10-5-3-2-4-6-17(10)15(18)11-7-13-14(8-12(11)16)20-9-19-13/h7-8,10H,2-6,9,16H2,1H3. The van der Waals surface area contributed by atoms with E-state index in [1.807, 2.05) is 4.90 Å². The number of hydrogen-bond donors (Lipinski definition) is 1. The van der Waals surface area contributed by atoms with E-state index < -0.39 is 0 Å². The Hall–Kier alpha value is -1.91. The molecule has 0 aliphatic carbocycles. The molecular weight excluding hydrogens is 256 g/mol. The molecule has 1 aromatic rings. The van der Waals surface area contributed by atoms with Crippen LogP contribution < -0.4 is 15.2 Å². The Balaban J connectivity index is 1.89. The molecule has 1 amide bonds. The molecule has 2 aliphatic rings. The summed E-state index contributed by atoms with van der Waals surface area (Å²) in [5, 5.41) is 0. The van der Waals surface area contributed by atoms with Crippen LogP contribution in [-0.2, 0) is 0 Å². The Morgan fingerprint density at radius 2 is 2.00 bits per heavy atom. The Morgan fingerprint density at radius 1 is 1.25 bits per heavy atom. The van der Waals surface area contributed by atoms with Gasteiger partial charge in [-0.05, 0) is 25.8 Å². The van der Waals surface area contributed by atoms with Gasteiger partial charge in [-0.1, -0.05) is 12.8 Å². The molecule has 3 rings (SSSR count). The molecule has 1 unspecified atom stereocenters. The van der Waals surface area contributed by atoms with Gasteiger partial charge in [0.1, 0.15) is 0 Å². The number of nitrogens with two attached hydrogens (primary N) is 1. The summed E-state index contributed by atoms with van der Waals surface area (Å²) in [6.45, 7) is 3.09. The number of ether oxygens (including phenoxy) is 2. The van der Waals surface area contributed by atoms with Gasteiger partial charge in [0, 0.05) is 24.3 Å². The van der Waals surface area contributed by atoms with Gasteiger partial charge in [-0.25, -0.2) is 0 Å². The smallest absolute Gasteiger partial charge is 0.256 e. The molecule has 2 heterocycles. The van der Waals surface area contributed by atoms with Crippen molar-refractivity contribution in [3.05, 3.63) is 17.7 Å². The number of fused-ring (bicyclic) bond motifs is 1. The molecule has 1 fully saturated rings. The van der Waals surface area contributed by atoms with Crippen LogP contribution >= 0.6 is 0 Å². The Kier molecular flexibility index (Phi) is 3.42. The zero-order valence-corrected chi connectivity index (χ0v) is 11.7. The van der Waals surface area contributed by atoms with E-state index in [2.05, 4.69) is 6.92 Å². The summed E-state index contributed by atoms with van der Waals surface area (Å²) >= 11 is 0. The zero-order chi connectivity index (χ0) is 14.1. The van der Waals surface area contributed by atoms with Crippen molar-refractivity contribution in [3.63, 3.8) is 0 Å². The average molecular weight is 276 g/mol. The second-order valence-corrected chi connectivity index (χ2v) is 5.49. The highest BCUT2D eigenvalue weighted by atomic mass is 16.7. The molecule has 0 saturated carbocycles. The lowest BCUT2D eigenvalue weighted by atomic mass is 10.1. The maximum atomic E-state index is 12.7. The van der Waals surface area contributed by atoms with Crippen LogP contribution in [0.2, 0.25) is 0 Å². The molecule has 20 heavy (non-hydrogen) atoms. The van der Waals surface area contributed by atoms with Gasteiger partial charge < -0.3 is 20.1 Å². The van der Waals surface area contributed by atoms with Crippen LogP contribution in [0.5, 0.6) is 11.5 Å². The molecule has 0 spiro atoms. The van der Waals surface area contributed by atoms with Crippen molar-refractivity contribution in [3.8, 4) is 11.5 Å². The fourth-order valence-corrected chi connectivity index (χ4v) is 2.87. The van der Waals surface area contributed by atoms with E-state index in [4.69, 9.17) is 15.2 Å². The molecule has 2 aliphatic heterocycles. The Labute approximate surface area is 118 Å². The number of rotatable bonds is 1. The second kappa shape index (κ2) is 5.23. The summed E-state index contributed by atoms with van der Waals surface area (Å²) in [7, 11) is 0. The van der Waals surface area contributed by atoms with Gasteiger partial charge in [0.2, 0.25) is 6.79 Å². The Bertz CT molecular complexity index is 530. The van der Waals surface area contributed by atoms with Crippen LogP contribution in [0, 0.1) is 0 Å². The monoisotopic (exact) mass is 276 g/mol. The SMILES string of the molecule is CC1CCCCCN1C(=O)c1cc2c(cc1N)OCO2. The average Bonchev–Trinajstić information content (AvgIpc) is 2.77. The first-order valence-electron chi connectivity index (χ1n) is 7.17. The van der Waals surface area contributed by atoms with E-state index in [1.165, 1.54) is 12.8 Å². The molecule has 0 aromatic heterocycles. The molecule has 1 aromatic carbocycles. The lowest BCUT2D eigenvalue weighted by Crippen LogP contribution is -2.38. The van der Waals surface area contributed by atoms with Crippen LogP contribution in [0.15, 0.2) is 12.1 Å². The number of likely N-dealkylation sites (tertiary alicyclic amines) is 1. The van der Waals surface area contributed by atoms with E-state index in [9.17, 15) is 4.79 Å². The van der Waals surface area contributed by atoms with E-state index in [0.717, 1.165) is 19.4 Å². The van der Waals surface area contributed by atoms with Gasteiger partial charge in [0.15, 0.2) is 11.5 Å². The molecule has 5 heteroatoms. The van der Waals surface area contributed by atoms with E-state index in [1.54, 1.807) is 12.1 Å². The molecule has 0 bridgehead atoms. The van der Waals surface area contributed by atoms with Gasteiger partial charge in [-0.15, -0.1) is 0 Å². The third kappa shape index (κ3) is 2.28. The van der Waals surface area contributed by atoms with Crippen molar-refractivity contribution in [2.45, 2.75) is 38.6 Å². The lowest BCUT2D eigenvalue weighted by Gasteiger charge is -2.27. The van der Waals surface area contributed by atoms with Crippen LogP contribution in [-0.4, -0.2) is 30.2 Å². The number of anilines is 1. The number of amides is 1. The van der Waals surface area contributed by atoms with Crippen LogP contribution in [0.4, 0.5) is 5.69 Å². The van der Waals surface area contributed by atoms with Crippen molar-refractivity contribution in [2.24, 2.45) is 0 Å². The highest BCUT2D eigenvalue weighted by Crippen LogP contribution is 2.36. The predicted octanol–water partition coefficient (Wildman–Crippen LogP) is 2.40. The summed E-state index contributed by atoms with van der Waals surface area (Å²) in [5.74, 6) is 1.21. The van der Waals surface area contributed by atoms with Gasteiger partial charge in [-0.2, -0.15) is 0 Å². The molecule has 5 nitrogen and oxygen atoms in total. The number of nitrogen functional groups attached to an aromatic ring is 1. The predicted molar refractivity (Wildman–Crippen MR) is 75.9 cm³/mol. The normalized spacial score (nSPS) is 21.6. The molecular formula is C15H20N2O3. The first-order valence-corrected chi connectivity index (χ1v) is 7.17. The molecule has 108 valence electrons. The first-order chi connectivity index (χ1) is 9.66. The number of carbonyl (C=O) groups is 1. The quantitative estimate of drug-likeness (QED) is 0.800. The van der Waals surface area contributed by atoms with E-state index in [-0.39, 0.29) is 18.7 Å². The number of carbonyl (C=O) groups excluding carboxylic acids is 1. The van der Waals surface area contributed by atoms with Crippen LogP contribution in [0.3, 0.4) is 0 Å². The third-order valence-electron chi connectivity index (χ3n) is 4.09. The first kappa shape index (κ1) is 13.1.